The molecule has 1 aliphatic rings. The van der Waals surface area contributed by atoms with Crippen LogP contribution in [0.15, 0.2) is 47.5 Å². The third-order valence-electron chi connectivity index (χ3n) is 5.49. The van der Waals surface area contributed by atoms with E-state index >= 15 is 0 Å². The monoisotopic (exact) mass is 411 g/mol. The highest BCUT2D eigenvalue weighted by Crippen LogP contribution is 2.27. The van der Waals surface area contributed by atoms with Gasteiger partial charge in [-0.1, -0.05) is 25.8 Å². The number of benzene rings is 1. The molecule has 0 unspecified atom stereocenters. The molecule has 0 amide bonds. The largest absolute Gasteiger partial charge is 0.324 e. The number of hydrogen-bond donors (Lipinski definition) is 1. The van der Waals surface area contributed by atoms with Gasteiger partial charge in [0.2, 0.25) is 5.95 Å². The minimum absolute atomic E-state index is 0.250. The smallest absolute Gasteiger partial charge is 0.229 e. The third-order valence-corrected chi connectivity index (χ3v) is 7.00. The second-order valence-electron chi connectivity index (χ2n) is 7.62. The maximum atomic E-state index is 12.0. The first-order valence-electron chi connectivity index (χ1n) is 9.90. The summed E-state index contributed by atoms with van der Waals surface area (Å²) in [7, 11) is -3.47. The van der Waals surface area contributed by atoms with Gasteiger partial charge in [-0.2, -0.15) is 10.1 Å². The minimum Gasteiger partial charge on any atom is -0.324 e. The van der Waals surface area contributed by atoms with Crippen molar-refractivity contribution in [3.05, 3.63) is 48.1 Å². The fourth-order valence-corrected chi connectivity index (χ4v) is 4.88. The lowest BCUT2D eigenvalue weighted by Crippen LogP contribution is -2.15. The summed E-state index contributed by atoms with van der Waals surface area (Å²) in [6.07, 6.45) is 9.98. The normalized spacial score (nSPS) is 15.5. The quantitative estimate of drug-likeness (QED) is 0.647. The zero-order valence-corrected chi connectivity index (χ0v) is 17.3. The molecule has 3 aromatic rings. The van der Waals surface area contributed by atoms with Crippen LogP contribution in [0.4, 0.5) is 11.6 Å². The van der Waals surface area contributed by atoms with Gasteiger partial charge in [-0.05, 0) is 49.4 Å². The molecule has 152 valence electrons. The summed E-state index contributed by atoms with van der Waals surface area (Å²) in [6, 6.07) is 5.04. The first-order valence-corrected chi connectivity index (χ1v) is 11.4. The Morgan fingerprint density at radius 1 is 1.24 bits per heavy atom. The molecule has 0 atom stereocenters. The summed E-state index contributed by atoms with van der Waals surface area (Å²) in [5.74, 6) is 1.11. The molecule has 1 aromatic carbocycles. The van der Waals surface area contributed by atoms with Crippen molar-refractivity contribution in [2.24, 2.45) is 5.92 Å². The first kappa shape index (κ1) is 19.6. The topological polar surface area (TPSA) is 89.8 Å². The summed E-state index contributed by atoms with van der Waals surface area (Å²) in [5.41, 5.74) is 2.18. The summed E-state index contributed by atoms with van der Waals surface area (Å²) in [4.78, 5) is 9.28. The zero-order valence-electron chi connectivity index (χ0n) is 16.5. The van der Waals surface area contributed by atoms with E-state index < -0.39 is 9.84 Å². The molecule has 29 heavy (non-hydrogen) atoms. The molecule has 8 heteroatoms. The van der Waals surface area contributed by atoms with Crippen molar-refractivity contribution in [1.29, 1.82) is 0 Å². The number of hydrogen-bond acceptors (Lipinski definition) is 6. The van der Waals surface area contributed by atoms with E-state index in [1.54, 1.807) is 37.5 Å². The summed E-state index contributed by atoms with van der Waals surface area (Å²) in [6.45, 7) is 6.02. The van der Waals surface area contributed by atoms with Crippen molar-refractivity contribution in [1.82, 2.24) is 19.7 Å². The van der Waals surface area contributed by atoms with E-state index in [1.165, 1.54) is 32.1 Å². The summed E-state index contributed by atoms with van der Waals surface area (Å²) in [5, 5.41) is 9.56. The van der Waals surface area contributed by atoms with Crippen molar-refractivity contribution >= 4 is 32.5 Å². The number of nitrogens with one attached hydrogen (secondary N) is 1. The van der Waals surface area contributed by atoms with Crippen LogP contribution >= 0.6 is 0 Å². The molecule has 0 spiro atoms. The van der Waals surface area contributed by atoms with Gasteiger partial charge in [0.1, 0.15) is 0 Å². The van der Waals surface area contributed by atoms with Crippen molar-refractivity contribution in [2.75, 3.05) is 5.32 Å². The van der Waals surface area contributed by atoms with E-state index in [9.17, 15) is 8.42 Å². The Kier molecular flexibility index (Phi) is 5.36. The highest BCUT2D eigenvalue weighted by Gasteiger charge is 2.17. The maximum Gasteiger partial charge on any atom is 0.229 e. The molecule has 1 aliphatic carbocycles. The fraction of sp³-hybridized carbons (Fsp3) is 0.381. The Morgan fingerprint density at radius 2 is 2.03 bits per heavy atom. The Balaban J connectivity index is 1.57. The lowest BCUT2D eigenvalue weighted by Gasteiger charge is -2.21. The number of nitrogens with zero attached hydrogens (tertiary/aromatic N) is 4. The van der Waals surface area contributed by atoms with Gasteiger partial charge in [0, 0.05) is 23.8 Å². The Hall–Kier alpha value is -2.74. The summed E-state index contributed by atoms with van der Waals surface area (Å²) < 4.78 is 26.0. The predicted molar refractivity (Wildman–Crippen MR) is 114 cm³/mol. The van der Waals surface area contributed by atoms with Crippen molar-refractivity contribution < 1.29 is 8.42 Å². The van der Waals surface area contributed by atoms with Gasteiger partial charge in [0.05, 0.1) is 16.5 Å². The van der Waals surface area contributed by atoms with Gasteiger partial charge < -0.3 is 5.32 Å². The second kappa shape index (κ2) is 7.94. The van der Waals surface area contributed by atoms with Crippen molar-refractivity contribution in [2.45, 2.75) is 50.5 Å². The van der Waals surface area contributed by atoms with Crippen LogP contribution in [0.2, 0.25) is 0 Å². The third kappa shape index (κ3) is 4.17. The van der Waals surface area contributed by atoms with E-state index in [1.807, 2.05) is 4.68 Å². The average molecular weight is 412 g/mol. The molecule has 0 bridgehead atoms. The van der Waals surface area contributed by atoms with E-state index in [4.69, 9.17) is 0 Å². The minimum atomic E-state index is -3.47. The SMILES string of the molecule is C=CS(=O)(=O)c1ccc(Nc2ncc3cnn(CC4CCCCC4)c3n2)cc1C. The van der Waals surface area contributed by atoms with Crippen LogP contribution in [-0.4, -0.2) is 28.2 Å². The van der Waals surface area contributed by atoms with E-state index in [0.717, 1.165) is 28.7 Å². The summed E-state index contributed by atoms with van der Waals surface area (Å²) >= 11 is 0. The average Bonchev–Trinajstić information content (AvgIpc) is 3.11. The lowest BCUT2D eigenvalue weighted by atomic mass is 9.89. The Bertz CT molecular complexity index is 1150. The molecule has 2 heterocycles. The van der Waals surface area contributed by atoms with Gasteiger partial charge in [0.15, 0.2) is 15.5 Å². The molecule has 0 aliphatic heterocycles. The van der Waals surface area contributed by atoms with Crippen molar-refractivity contribution in [3.8, 4) is 0 Å². The van der Waals surface area contributed by atoms with E-state index in [-0.39, 0.29) is 4.90 Å². The van der Waals surface area contributed by atoms with Gasteiger partial charge in [0.25, 0.3) is 0 Å². The highest BCUT2D eigenvalue weighted by molar-refractivity contribution is 7.94. The maximum absolute atomic E-state index is 12.0. The number of fused-ring (bicyclic) bond motifs is 1. The van der Waals surface area contributed by atoms with E-state index in [0.29, 0.717) is 17.4 Å². The molecule has 0 saturated heterocycles. The Morgan fingerprint density at radius 3 is 2.76 bits per heavy atom. The van der Waals surface area contributed by atoms with Crippen molar-refractivity contribution in [3.63, 3.8) is 0 Å². The van der Waals surface area contributed by atoms with Crippen LogP contribution in [0, 0.1) is 12.8 Å². The van der Waals surface area contributed by atoms with Gasteiger partial charge in [-0.25, -0.2) is 18.1 Å². The molecule has 1 fully saturated rings. The standard InChI is InChI=1S/C21H25N5O2S/c1-3-29(27,28)19-10-9-18(11-15(19)2)24-21-22-12-17-13-23-26(20(17)25-21)14-16-7-5-4-6-8-16/h3,9-13,16H,1,4-8,14H2,2H3,(H,22,24,25). The van der Waals surface area contributed by atoms with Gasteiger partial charge >= 0.3 is 0 Å². The molecule has 1 N–H and O–H groups in total. The molecular weight excluding hydrogens is 386 g/mol. The number of anilines is 2. The first-order chi connectivity index (χ1) is 14.0. The van der Waals surface area contributed by atoms with Crippen LogP contribution in [0.5, 0.6) is 0 Å². The van der Waals surface area contributed by atoms with Crippen LogP contribution in [0.25, 0.3) is 11.0 Å². The number of rotatable bonds is 6. The predicted octanol–water partition coefficient (Wildman–Crippen LogP) is 4.38. The highest BCUT2D eigenvalue weighted by atomic mass is 32.2. The zero-order chi connectivity index (χ0) is 20.4. The molecular formula is C21H25N5O2S. The molecule has 1 saturated carbocycles. The number of aryl methyl sites for hydroxylation is 1. The van der Waals surface area contributed by atoms with Gasteiger partial charge in [-0.3, -0.25) is 0 Å². The second-order valence-corrected chi connectivity index (χ2v) is 9.48. The van der Waals surface area contributed by atoms with Crippen LogP contribution in [0.3, 0.4) is 0 Å². The molecule has 0 radical (unpaired) electrons. The fourth-order valence-electron chi connectivity index (χ4n) is 3.94. The lowest BCUT2D eigenvalue weighted by molar-refractivity contribution is 0.311. The van der Waals surface area contributed by atoms with Gasteiger partial charge in [-0.15, -0.1) is 0 Å². The molecule has 7 nitrogen and oxygen atoms in total. The number of aromatic nitrogens is 4. The number of sulfone groups is 1. The van der Waals surface area contributed by atoms with Crippen LogP contribution in [0.1, 0.15) is 37.7 Å². The van der Waals surface area contributed by atoms with Crippen LogP contribution < -0.4 is 5.32 Å². The van der Waals surface area contributed by atoms with E-state index in [2.05, 4.69) is 27.0 Å². The Labute approximate surface area is 170 Å². The van der Waals surface area contributed by atoms with Crippen LogP contribution in [-0.2, 0) is 16.4 Å². The molecule has 2 aromatic heterocycles. The molecule has 4 rings (SSSR count).